The highest BCUT2D eigenvalue weighted by atomic mass is 19.3. The lowest BCUT2D eigenvalue weighted by molar-refractivity contribution is -0.141. The van der Waals surface area contributed by atoms with Gasteiger partial charge in [0.15, 0.2) is 0 Å². The Morgan fingerprint density at radius 3 is 2.39 bits per heavy atom. The first-order chi connectivity index (χ1) is 8.56. The summed E-state index contributed by atoms with van der Waals surface area (Å²) in [5.74, 6) is -2.57. The van der Waals surface area contributed by atoms with Crippen LogP contribution in [0.3, 0.4) is 0 Å². The van der Waals surface area contributed by atoms with E-state index in [9.17, 15) is 18.4 Å². The lowest BCUT2D eigenvalue weighted by atomic mass is 10.1. The summed E-state index contributed by atoms with van der Waals surface area (Å²) in [6.07, 6.45) is -2.13. The zero-order valence-electron chi connectivity index (χ0n) is 9.73. The van der Waals surface area contributed by atoms with Crippen LogP contribution < -0.4 is 0 Å². The molecule has 1 rings (SSSR count). The zero-order valence-corrected chi connectivity index (χ0v) is 9.73. The van der Waals surface area contributed by atoms with Gasteiger partial charge in [0.2, 0.25) is 5.78 Å². The van der Waals surface area contributed by atoms with Crippen LogP contribution in [0.4, 0.5) is 8.78 Å². The minimum atomic E-state index is -3.23. The molecule has 0 fully saturated rings. The summed E-state index contributed by atoms with van der Waals surface area (Å²) in [5.41, 5.74) is -0.160. The number of alkyl halides is 2. The SMILES string of the molecule is CCOC(=O)C(=Cc1ccccc1)C(=O)C(F)F. The molecule has 1 aromatic carbocycles. The number of hydrogen-bond donors (Lipinski definition) is 0. The molecule has 0 aliphatic carbocycles. The van der Waals surface area contributed by atoms with E-state index in [1.807, 2.05) is 0 Å². The summed E-state index contributed by atoms with van der Waals surface area (Å²) >= 11 is 0. The maximum Gasteiger partial charge on any atom is 0.342 e. The first kappa shape index (κ1) is 14.0. The van der Waals surface area contributed by atoms with Gasteiger partial charge in [-0.3, -0.25) is 4.79 Å². The average Bonchev–Trinajstić information content (AvgIpc) is 2.36. The second kappa shape index (κ2) is 6.64. The van der Waals surface area contributed by atoms with Gasteiger partial charge in [-0.2, -0.15) is 0 Å². The van der Waals surface area contributed by atoms with Crippen molar-refractivity contribution < 1.29 is 23.1 Å². The molecular formula is C13H12F2O3. The van der Waals surface area contributed by atoms with Crippen LogP contribution in [0, 0.1) is 0 Å². The molecule has 0 bridgehead atoms. The molecule has 0 N–H and O–H groups in total. The summed E-state index contributed by atoms with van der Waals surface area (Å²) in [7, 11) is 0. The van der Waals surface area contributed by atoms with Crippen LogP contribution in [0.1, 0.15) is 12.5 Å². The number of rotatable bonds is 5. The largest absolute Gasteiger partial charge is 0.462 e. The first-order valence-corrected chi connectivity index (χ1v) is 5.32. The van der Waals surface area contributed by atoms with Crippen LogP contribution in [0.5, 0.6) is 0 Å². The fraction of sp³-hybridized carbons (Fsp3) is 0.231. The van der Waals surface area contributed by atoms with E-state index < -0.39 is 23.8 Å². The lowest BCUT2D eigenvalue weighted by Gasteiger charge is -2.05. The normalized spacial score (nSPS) is 11.4. The number of esters is 1. The molecule has 0 unspecified atom stereocenters. The molecule has 1 aromatic rings. The molecule has 0 heterocycles. The van der Waals surface area contributed by atoms with Gasteiger partial charge in [0.1, 0.15) is 5.57 Å². The Morgan fingerprint density at radius 2 is 1.89 bits per heavy atom. The van der Waals surface area contributed by atoms with Crippen molar-refractivity contribution in [2.75, 3.05) is 6.61 Å². The van der Waals surface area contributed by atoms with Gasteiger partial charge < -0.3 is 4.74 Å². The van der Waals surface area contributed by atoms with Crippen molar-refractivity contribution >= 4 is 17.8 Å². The summed E-state index contributed by atoms with van der Waals surface area (Å²) in [6, 6.07) is 8.26. The van der Waals surface area contributed by atoms with E-state index >= 15 is 0 Å². The van der Waals surface area contributed by atoms with Crippen LogP contribution >= 0.6 is 0 Å². The van der Waals surface area contributed by atoms with Gasteiger partial charge >= 0.3 is 12.4 Å². The van der Waals surface area contributed by atoms with E-state index in [1.54, 1.807) is 30.3 Å². The standard InChI is InChI=1S/C13H12F2O3/c1-2-18-13(17)10(11(16)12(14)15)8-9-6-4-3-5-7-9/h3-8,12H,2H2,1H3. The molecule has 96 valence electrons. The van der Waals surface area contributed by atoms with Gasteiger partial charge in [0.25, 0.3) is 0 Å². The van der Waals surface area contributed by atoms with Crippen LogP contribution in [0.15, 0.2) is 35.9 Å². The van der Waals surface area contributed by atoms with Gasteiger partial charge in [0, 0.05) is 0 Å². The van der Waals surface area contributed by atoms with E-state index in [-0.39, 0.29) is 6.61 Å². The Morgan fingerprint density at radius 1 is 1.28 bits per heavy atom. The summed E-state index contributed by atoms with van der Waals surface area (Å²) in [4.78, 5) is 22.7. The Hall–Kier alpha value is -2.04. The highest BCUT2D eigenvalue weighted by Crippen LogP contribution is 2.13. The number of hydrogen-bond acceptors (Lipinski definition) is 3. The Bertz CT molecular complexity index is 453. The molecule has 0 aromatic heterocycles. The van der Waals surface area contributed by atoms with E-state index in [0.29, 0.717) is 5.56 Å². The number of carbonyl (C=O) groups excluding carboxylic acids is 2. The average molecular weight is 254 g/mol. The van der Waals surface area contributed by atoms with Crippen molar-refractivity contribution in [3.63, 3.8) is 0 Å². The van der Waals surface area contributed by atoms with Gasteiger partial charge in [-0.05, 0) is 18.6 Å². The fourth-order valence-electron chi connectivity index (χ4n) is 1.27. The molecule has 18 heavy (non-hydrogen) atoms. The Labute approximate surface area is 103 Å². The summed E-state index contributed by atoms with van der Waals surface area (Å²) in [6.45, 7) is 1.55. The van der Waals surface area contributed by atoms with Crippen LogP contribution in [-0.2, 0) is 14.3 Å². The monoisotopic (exact) mass is 254 g/mol. The van der Waals surface area contributed by atoms with Crippen molar-refractivity contribution in [3.8, 4) is 0 Å². The Balaban J connectivity index is 3.08. The van der Waals surface area contributed by atoms with E-state index in [1.165, 1.54) is 6.92 Å². The predicted molar refractivity (Wildman–Crippen MR) is 62.1 cm³/mol. The molecule has 5 heteroatoms. The molecule has 0 aliphatic heterocycles. The number of ketones is 1. The highest BCUT2D eigenvalue weighted by molar-refractivity contribution is 6.21. The number of ether oxygens (including phenoxy) is 1. The number of Topliss-reactive ketones (excluding diaryl/α,β-unsaturated/α-hetero) is 1. The third kappa shape index (κ3) is 3.76. The van der Waals surface area contributed by atoms with Crippen molar-refractivity contribution in [2.24, 2.45) is 0 Å². The van der Waals surface area contributed by atoms with Crippen LogP contribution in [0.2, 0.25) is 0 Å². The van der Waals surface area contributed by atoms with Crippen molar-refractivity contribution in [3.05, 3.63) is 41.5 Å². The second-order valence-electron chi connectivity index (χ2n) is 3.35. The van der Waals surface area contributed by atoms with Gasteiger partial charge in [-0.15, -0.1) is 0 Å². The minimum Gasteiger partial charge on any atom is -0.462 e. The maximum absolute atomic E-state index is 12.4. The number of carbonyl (C=O) groups is 2. The van der Waals surface area contributed by atoms with Crippen molar-refractivity contribution in [2.45, 2.75) is 13.3 Å². The van der Waals surface area contributed by atoms with Gasteiger partial charge in [0.05, 0.1) is 6.61 Å². The van der Waals surface area contributed by atoms with E-state index in [0.717, 1.165) is 6.08 Å². The zero-order chi connectivity index (χ0) is 13.5. The second-order valence-corrected chi connectivity index (χ2v) is 3.35. The maximum atomic E-state index is 12.4. The third-order valence-corrected chi connectivity index (χ3v) is 2.07. The van der Waals surface area contributed by atoms with Crippen LogP contribution in [0.25, 0.3) is 6.08 Å². The summed E-state index contributed by atoms with van der Waals surface area (Å²) < 4.78 is 29.4. The van der Waals surface area contributed by atoms with E-state index in [4.69, 9.17) is 0 Å². The highest BCUT2D eigenvalue weighted by Gasteiger charge is 2.27. The Kier molecular flexibility index (Phi) is 5.17. The van der Waals surface area contributed by atoms with Crippen molar-refractivity contribution in [1.82, 2.24) is 0 Å². The quantitative estimate of drug-likeness (QED) is 0.351. The molecule has 0 saturated heterocycles. The van der Waals surface area contributed by atoms with Gasteiger partial charge in [-0.25, -0.2) is 13.6 Å². The molecule has 0 spiro atoms. The fourth-order valence-corrected chi connectivity index (χ4v) is 1.27. The first-order valence-electron chi connectivity index (χ1n) is 5.32. The number of benzene rings is 1. The smallest absolute Gasteiger partial charge is 0.342 e. The lowest BCUT2D eigenvalue weighted by Crippen LogP contribution is -2.21. The molecule has 0 amide bonds. The predicted octanol–water partition coefficient (Wildman–Crippen LogP) is 2.47. The van der Waals surface area contributed by atoms with E-state index in [2.05, 4.69) is 4.74 Å². The van der Waals surface area contributed by atoms with Crippen molar-refractivity contribution in [1.29, 1.82) is 0 Å². The topological polar surface area (TPSA) is 43.4 Å². The molecule has 0 saturated carbocycles. The molecule has 3 nitrogen and oxygen atoms in total. The molecule has 0 aliphatic rings. The van der Waals surface area contributed by atoms with Crippen LogP contribution in [-0.4, -0.2) is 24.8 Å². The molecule has 0 radical (unpaired) electrons. The minimum absolute atomic E-state index is 0.0154. The number of halogens is 2. The molecule has 0 atom stereocenters. The van der Waals surface area contributed by atoms with Gasteiger partial charge in [-0.1, -0.05) is 30.3 Å². The third-order valence-electron chi connectivity index (χ3n) is 2.07. The summed E-state index contributed by atoms with van der Waals surface area (Å²) in [5, 5.41) is 0. The molecular weight excluding hydrogens is 242 g/mol.